The maximum Gasteiger partial charge on any atom is 0.261 e. The van der Waals surface area contributed by atoms with Crippen LogP contribution in [0, 0.1) is 0 Å². The molecule has 4 rings (SSSR count). The fraction of sp³-hybridized carbons (Fsp3) is 0.286. The second kappa shape index (κ2) is 8.48. The third-order valence-electron chi connectivity index (χ3n) is 5.14. The summed E-state index contributed by atoms with van der Waals surface area (Å²) in [5.74, 6) is 0.938. The SMILES string of the molecule is NS(=O)(=O)c1ccc(CCNC(=O)COc2ccc3nc4n(c(=O)c3c2)CCC4)cc1. The number of aromatic nitrogens is 2. The van der Waals surface area contributed by atoms with Crippen LogP contribution in [0.1, 0.15) is 17.8 Å². The molecular formula is C21H22N4O5S. The molecule has 1 aliphatic heterocycles. The van der Waals surface area contributed by atoms with Crippen molar-refractivity contribution < 1.29 is 17.9 Å². The highest BCUT2D eigenvalue weighted by atomic mass is 32.2. The van der Waals surface area contributed by atoms with Crippen LogP contribution in [0.4, 0.5) is 0 Å². The summed E-state index contributed by atoms with van der Waals surface area (Å²) in [5.41, 5.74) is 1.41. The summed E-state index contributed by atoms with van der Waals surface area (Å²) in [6.45, 7) is 0.858. The molecule has 2 heterocycles. The number of fused-ring (bicyclic) bond motifs is 2. The minimum absolute atomic E-state index is 0.0452. The van der Waals surface area contributed by atoms with Crippen molar-refractivity contribution in [3.05, 3.63) is 64.2 Å². The van der Waals surface area contributed by atoms with Crippen LogP contribution < -0.4 is 20.8 Å². The molecule has 2 aromatic carbocycles. The Morgan fingerprint density at radius 3 is 2.71 bits per heavy atom. The van der Waals surface area contributed by atoms with Gasteiger partial charge in [0.25, 0.3) is 11.5 Å². The molecule has 3 N–H and O–H groups in total. The van der Waals surface area contributed by atoms with Crippen molar-refractivity contribution in [2.24, 2.45) is 5.14 Å². The van der Waals surface area contributed by atoms with E-state index in [9.17, 15) is 18.0 Å². The van der Waals surface area contributed by atoms with Gasteiger partial charge in [-0.15, -0.1) is 0 Å². The molecule has 1 aliphatic rings. The first kappa shape index (κ1) is 21.0. The smallest absolute Gasteiger partial charge is 0.261 e. The summed E-state index contributed by atoms with van der Waals surface area (Å²) in [4.78, 5) is 29.3. The van der Waals surface area contributed by atoms with Crippen LogP contribution in [0.3, 0.4) is 0 Å². The minimum Gasteiger partial charge on any atom is -0.484 e. The van der Waals surface area contributed by atoms with E-state index >= 15 is 0 Å². The van der Waals surface area contributed by atoms with Crippen molar-refractivity contribution >= 4 is 26.8 Å². The second-order valence-corrected chi connectivity index (χ2v) is 8.91. The summed E-state index contributed by atoms with van der Waals surface area (Å²) in [6.07, 6.45) is 2.25. The highest BCUT2D eigenvalue weighted by Crippen LogP contribution is 2.19. The molecule has 31 heavy (non-hydrogen) atoms. The molecule has 0 bridgehead atoms. The second-order valence-electron chi connectivity index (χ2n) is 7.34. The fourth-order valence-corrected chi connectivity index (χ4v) is 4.06. The van der Waals surface area contributed by atoms with Crippen molar-refractivity contribution in [1.29, 1.82) is 0 Å². The monoisotopic (exact) mass is 442 g/mol. The molecule has 0 spiro atoms. The third-order valence-corrected chi connectivity index (χ3v) is 6.07. The number of carbonyl (C=O) groups is 1. The first-order valence-electron chi connectivity index (χ1n) is 9.86. The largest absolute Gasteiger partial charge is 0.484 e. The van der Waals surface area contributed by atoms with Crippen LogP contribution in [0.25, 0.3) is 10.9 Å². The van der Waals surface area contributed by atoms with E-state index in [0.717, 1.165) is 24.2 Å². The molecule has 9 nitrogen and oxygen atoms in total. The number of nitrogens with one attached hydrogen (secondary N) is 1. The van der Waals surface area contributed by atoms with Crippen molar-refractivity contribution in [3.8, 4) is 5.75 Å². The zero-order valence-electron chi connectivity index (χ0n) is 16.7. The number of hydrogen-bond donors (Lipinski definition) is 2. The number of carbonyl (C=O) groups excluding carboxylic acids is 1. The standard InChI is InChI=1S/C21H22N4O5S/c22-31(28,29)16-6-3-14(4-7-16)9-10-23-20(26)13-30-15-5-8-18-17(12-15)21(27)25-11-1-2-19(25)24-18/h3-8,12H,1-2,9-11,13H2,(H,23,26)(H2,22,28,29). The quantitative estimate of drug-likeness (QED) is 0.554. The molecule has 0 unspecified atom stereocenters. The van der Waals surface area contributed by atoms with Crippen LogP contribution in [-0.4, -0.2) is 37.0 Å². The van der Waals surface area contributed by atoms with E-state index in [1.807, 2.05) is 0 Å². The van der Waals surface area contributed by atoms with Crippen LogP contribution in [0.5, 0.6) is 5.75 Å². The number of amides is 1. The van der Waals surface area contributed by atoms with E-state index in [4.69, 9.17) is 9.88 Å². The highest BCUT2D eigenvalue weighted by molar-refractivity contribution is 7.89. The summed E-state index contributed by atoms with van der Waals surface area (Å²) >= 11 is 0. The normalized spacial score (nSPS) is 13.2. The number of sulfonamides is 1. The molecule has 0 fully saturated rings. The van der Waals surface area contributed by atoms with Crippen molar-refractivity contribution in [3.63, 3.8) is 0 Å². The van der Waals surface area contributed by atoms with Crippen molar-refractivity contribution in [1.82, 2.24) is 14.9 Å². The Kier molecular flexibility index (Phi) is 5.75. The molecule has 0 saturated heterocycles. The number of primary sulfonamides is 1. The third kappa shape index (κ3) is 4.75. The number of nitrogens with zero attached hydrogens (tertiary/aromatic N) is 2. The number of nitrogens with two attached hydrogens (primary N) is 1. The van der Waals surface area contributed by atoms with E-state index in [1.54, 1.807) is 34.9 Å². The van der Waals surface area contributed by atoms with Crippen LogP contribution >= 0.6 is 0 Å². The molecule has 10 heteroatoms. The predicted molar refractivity (Wildman–Crippen MR) is 114 cm³/mol. The Hall–Kier alpha value is -3.24. The predicted octanol–water partition coefficient (Wildman–Crippen LogP) is 0.728. The average Bonchev–Trinajstić information content (AvgIpc) is 3.21. The zero-order valence-corrected chi connectivity index (χ0v) is 17.5. The minimum atomic E-state index is -3.72. The zero-order chi connectivity index (χ0) is 22.0. The summed E-state index contributed by atoms with van der Waals surface area (Å²) in [5, 5.41) is 8.29. The Bertz CT molecular complexity index is 1300. The Morgan fingerprint density at radius 1 is 1.19 bits per heavy atom. The van der Waals surface area contributed by atoms with Crippen molar-refractivity contribution in [2.75, 3.05) is 13.2 Å². The summed E-state index contributed by atoms with van der Waals surface area (Å²) in [6, 6.07) is 11.2. The van der Waals surface area contributed by atoms with Crippen LogP contribution in [-0.2, 0) is 34.2 Å². The molecule has 0 radical (unpaired) electrons. The maximum atomic E-state index is 12.6. The van der Waals surface area contributed by atoms with E-state index in [1.165, 1.54) is 12.1 Å². The number of benzene rings is 2. The molecule has 1 amide bonds. The van der Waals surface area contributed by atoms with Crippen molar-refractivity contribution in [2.45, 2.75) is 30.7 Å². The Balaban J connectivity index is 1.31. The van der Waals surface area contributed by atoms with Gasteiger partial charge < -0.3 is 10.1 Å². The van der Waals surface area contributed by atoms with E-state index in [2.05, 4.69) is 10.3 Å². The van der Waals surface area contributed by atoms with E-state index < -0.39 is 10.0 Å². The summed E-state index contributed by atoms with van der Waals surface area (Å²) < 4.78 is 29.8. The van der Waals surface area contributed by atoms with Gasteiger partial charge in [0.1, 0.15) is 11.6 Å². The van der Waals surface area contributed by atoms with Gasteiger partial charge in [-0.25, -0.2) is 18.5 Å². The van der Waals surface area contributed by atoms with Gasteiger partial charge >= 0.3 is 0 Å². The topological polar surface area (TPSA) is 133 Å². The number of hydrogen-bond acceptors (Lipinski definition) is 6. The average molecular weight is 442 g/mol. The summed E-state index contributed by atoms with van der Waals surface area (Å²) in [7, 11) is -3.72. The molecule has 3 aromatic rings. The Morgan fingerprint density at radius 2 is 1.97 bits per heavy atom. The molecule has 0 saturated carbocycles. The van der Waals surface area contributed by atoms with Crippen LogP contribution in [0.15, 0.2) is 52.2 Å². The lowest BCUT2D eigenvalue weighted by Crippen LogP contribution is -2.30. The lowest BCUT2D eigenvalue weighted by molar-refractivity contribution is -0.123. The van der Waals surface area contributed by atoms with Gasteiger partial charge in [0, 0.05) is 19.5 Å². The van der Waals surface area contributed by atoms with Gasteiger partial charge in [-0.1, -0.05) is 12.1 Å². The van der Waals surface area contributed by atoms with E-state index in [0.29, 0.717) is 36.2 Å². The molecule has 1 aromatic heterocycles. The lowest BCUT2D eigenvalue weighted by atomic mass is 10.1. The highest BCUT2D eigenvalue weighted by Gasteiger charge is 2.16. The van der Waals surface area contributed by atoms with E-state index in [-0.39, 0.29) is 23.0 Å². The Labute approximate surface area is 178 Å². The molecule has 162 valence electrons. The van der Waals surface area contributed by atoms with Gasteiger partial charge in [0.15, 0.2) is 6.61 Å². The van der Waals surface area contributed by atoms with Gasteiger partial charge in [-0.2, -0.15) is 0 Å². The van der Waals surface area contributed by atoms with Crippen LogP contribution in [0.2, 0.25) is 0 Å². The van der Waals surface area contributed by atoms with Gasteiger partial charge in [0.2, 0.25) is 10.0 Å². The molecular weight excluding hydrogens is 420 g/mol. The maximum absolute atomic E-state index is 12.6. The number of aryl methyl sites for hydroxylation is 1. The molecule has 0 aliphatic carbocycles. The van der Waals surface area contributed by atoms with Gasteiger partial charge in [0.05, 0.1) is 15.8 Å². The van der Waals surface area contributed by atoms with Gasteiger partial charge in [-0.3, -0.25) is 14.2 Å². The number of ether oxygens (including phenoxy) is 1. The fourth-order valence-electron chi connectivity index (χ4n) is 3.54. The first-order chi connectivity index (χ1) is 14.8. The van der Waals surface area contributed by atoms with Gasteiger partial charge in [-0.05, 0) is 48.7 Å². The number of rotatable bonds is 7. The lowest BCUT2D eigenvalue weighted by Gasteiger charge is -2.09. The molecule has 0 atom stereocenters. The first-order valence-corrected chi connectivity index (χ1v) is 11.4.